The molecule has 2 amide bonds. The van der Waals surface area contributed by atoms with Gasteiger partial charge in [0.05, 0.1) is 18.4 Å². The van der Waals surface area contributed by atoms with Crippen molar-refractivity contribution in [3.05, 3.63) is 76.1 Å². The predicted octanol–water partition coefficient (Wildman–Crippen LogP) is 4.11. The first-order valence-corrected chi connectivity index (χ1v) is 8.93. The Kier molecular flexibility index (Phi) is 5.42. The Bertz CT molecular complexity index is 1060. The SMILES string of the molecule is COc1ccc(C(N)=O)cc1NC(=O)c1cc(C)n(-c2ccc(Cl)cc2)c1C. The second-order valence-corrected chi connectivity index (χ2v) is 6.77. The quantitative estimate of drug-likeness (QED) is 0.679. The zero-order chi connectivity index (χ0) is 20.4. The maximum atomic E-state index is 12.9. The lowest BCUT2D eigenvalue weighted by Gasteiger charge is -2.12. The molecular weight excluding hydrogens is 378 g/mol. The van der Waals surface area contributed by atoms with Gasteiger partial charge in [-0.1, -0.05) is 11.6 Å². The zero-order valence-electron chi connectivity index (χ0n) is 15.7. The molecule has 3 rings (SSSR count). The Labute approximate surface area is 167 Å². The number of aryl methyl sites for hydroxylation is 1. The Morgan fingerprint density at radius 2 is 1.75 bits per heavy atom. The molecule has 0 fully saturated rings. The Morgan fingerprint density at radius 3 is 2.36 bits per heavy atom. The van der Waals surface area contributed by atoms with Crippen molar-refractivity contribution in [2.45, 2.75) is 13.8 Å². The van der Waals surface area contributed by atoms with E-state index in [-0.39, 0.29) is 11.5 Å². The van der Waals surface area contributed by atoms with E-state index in [1.807, 2.05) is 36.6 Å². The van der Waals surface area contributed by atoms with Gasteiger partial charge in [-0.3, -0.25) is 9.59 Å². The largest absolute Gasteiger partial charge is 0.495 e. The van der Waals surface area contributed by atoms with Gasteiger partial charge in [-0.2, -0.15) is 0 Å². The number of anilines is 1. The van der Waals surface area contributed by atoms with Crippen molar-refractivity contribution in [1.29, 1.82) is 0 Å². The van der Waals surface area contributed by atoms with Gasteiger partial charge in [0, 0.05) is 27.7 Å². The third-order valence-corrected chi connectivity index (χ3v) is 4.74. The molecule has 7 heteroatoms. The highest BCUT2D eigenvalue weighted by Gasteiger charge is 2.18. The van der Waals surface area contributed by atoms with E-state index < -0.39 is 5.91 Å². The molecule has 0 aliphatic rings. The average molecular weight is 398 g/mol. The molecule has 0 aliphatic heterocycles. The highest BCUT2D eigenvalue weighted by atomic mass is 35.5. The topological polar surface area (TPSA) is 86.3 Å². The van der Waals surface area contributed by atoms with Gasteiger partial charge < -0.3 is 20.4 Å². The first-order chi connectivity index (χ1) is 13.3. The van der Waals surface area contributed by atoms with Crippen LogP contribution in [0.2, 0.25) is 5.02 Å². The summed E-state index contributed by atoms with van der Waals surface area (Å²) in [6, 6.07) is 13.8. The molecule has 0 aliphatic carbocycles. The van der Waals surface area contributed by atoms with Crippen LogP contribution in [0.3, 0.4) is 0 Å². The van der Waals surface area contributed by atoms with Crippen LogP contribution < -0.4 is 15.8 Å². The number of nitrogens with one attached hydrogen (secondary N) is 1. The zero-order valence-corrected chi connectivity index (χ0v) is 16.5. The molecule has 1 aromatic heterocycles. The highest BCUT2D eigenvalue weighted by Crippen LogP contribution is 2.28. The van der Waals surface area contributed by atoms with Crippen molar-refractivity contribution in [2.75, 3.05) is 12.4 Å². The van der Waals surface area contributed by atoms with Gasteiger partial charge in [-0.25, -0.2) is 0 Å². The number of aromatic nitrogens is 1. The number of benzene rings is 2. The third-order valence-electron chi connectivity index (χ3n) is 4.49. The fraction of sp³-hybridized carbons (Fsp3) is 0.143. The summed E-state index contributed by atoms with van der Waals surface area (Å²) in [6.45, 7) is 3.79. The van der Waals surface area contributed by atoms with Crippen LogP contribution in [0.25, 0.3) is 5.69 Å². The standard InChI is InChI=1S/C21H20ClN3O3/c1-12-10-17(13(2)25(12)16-7-5-15(22)6-8-16)21(27)24-18-11-14(20(23)26)4-9-19(18)28-3/h4-11H,1-3H3,(H2,23,26)(H,24,27). The molecule has 2 aromatic carbocycles. The van der Waals surface area contributed by atoms with Crippen molar-refractivity contribution < 1.29 is 14.3 Å². The van der Waals surface area contributed by atoms with E-state index in [2.05, 4.69) is 5.32 Å². The smallest absolute Gasteiger partial charge is 0.257 e. The number of hydrogen-bond donors (Lipinski definition) is 2. The van der Waals surface area contributed by atoms with E-state index in [1.54, 1.807) is 24.3 Å². The van der Waals surface area contributed by atoms with Gasteiger partial charge in [-0.15, -0.1) is 0 Å². The number of nitrogens with zero attached hydrogens (tertiary/aromatic N) is 1. The molecular formula is C21H20ClN3O3. The molecule has 0 saturated heterocycles. The number of halogens is 1. The van der Waals surface area contributed by atoms with Gasteiger partial charge in [0.1, 0.15) is 5.75 Å². The van der Waals surface area contributed by atoms with Crippen LogP contribution in [-0.4, -0.2) is 23.5 Å². The van der Waals surface area contributed by atoms with Crippen molar-refractivity contribution >= 4 is 29.1 Å². The molecule has 0 bridgehead atoms. The lowest BCUT2D eigenvalue weighted by Crippen LogP contribution is -2.16. The van der Waals surface area contributed by atoms with Crippen LogP contribution in [0.15, 0.2) is 48.5 Å². The molecule has 0 unspecified atom stereocenters. The van der Waals surface area contributed by atoms with Gasteiger partial charge in [0.2, 0.25) is 5.91 Å². The number of nitrogens with two attached hydrogens (primary N) is 1. The maximum Gasteiger partial charge on any atom is 0.257 e. The summed E-state index contributed by atoms with van der Waals surface area (Å²) in [7, 11) is 1.49. The minimum Gasteiger partial charge on any atom is -0.495 e. The maximum absolute atomic E-state index is 12.9. The second kappa shape index (κ2) is 7.78. The first kappa shape index (κ1) is 19.5. The Balaban J connectivity index is 1.96. The summed E-state index contributed by atoms with van der Waals surface area (Å²) in [6.07, 6.45) is 0. The molecule has 1 heterocycles. The molecule has 0 spiro atoms. The fourth-order valence-electron chi connectivity index (χ4n) is 3.13. The normalized spacial score (nSPS) is 10.6. The van der Waals surface area contributed by atoms with E-state index in [9.17, 15) is 9.59 Å². The lowest BCUT2D eigenvalue weighted by atomic mass is 10.1. The minimum atomic E-state index is -0.584. The van der Waals surface area contributed by atoms with Crippen LogP contribution in [0.4, 0.5) is 5.69 Å². The fourth-order valence-corrected chi connectivity index (χ4v) is 3.25. The van der Waals surface area contributed by atoms with E-state index in [0.717, 1.165) is 17.1 Å². The number of rotatable bonds is 5. The lowest BCUT2D eigenvalue weighted by molar-refractivity contribution is 0.0996. The Hall–Kier alpha value is -3.25. The summed E-state index contributed by atoms with van der Waals surface area (Å²) in [5, 5.41) is 3.45. The molecule has 3 N–H and O–H groups in total. The van der Waals surface area contributed by atoms with Crippen LogP contribution >= 0.6 is 11.6 Å². The number of ether oxygens (including phenoxy) is 1. The summed E-state index contributed by atoms with van der Waals surface area (Å²) < 4.78 is 7.25. The van der Waals surface area contributed by atoms with Crippen molar-refractivity contribution in [1.82, 2.24) is 4.57 Å². The number of amides is 2. The van der Waals surface area contributed by atoms with Gasteiger partial charge in [-0.05, 0) is 62.4 Å². The molecule has 3 aromatic rings. The van der Waals surface area contributed by atoms with Gasteiger partial charge >= 0.3 is 0 Å². The highest BCUT2D eigenvalue weighted by molar-refractivity contribution is 6.30. The van der Waals surface area contributed by atoms with Gasteiger partial charge in [0.25, 0.3) is 5.91 Å². The molecule has 6 nitrogen and oxygen atoms in total. The number of carbonyl (C=O) groups is 2. The summed E-state index contributed by atoms with van der Waals surface area (Å²) in [4.78, 5) is 24.4. The number of primary amides is 1. The van der Waals surface area contributed by atoms with Crippen molar-refractivity contribution in [3.8, 4) is 11.4 Å². The molecule has 0 radical (unpaired) electrons. The first-order valence-electron chi connectivity index (χ1n) is 8.56. The van der Waals surface area contributed by atoms with E-state index >= 15 is 0 Å². The number of carbonyl (C=O) groups excluding carboxylic acids is 2. The average Bonchev–Trinajstić information content (AvgIpc) is 2.97. The number of hydrogen-bond acceptors (Lipinski definition) is 3. The summed E-state index contributed by atoms with van der Waals surface area (Å²) >= 11 is 5.97. The molecule has 0 saturated carbocycles. The Morgan fingerprint density at radius 1 is 1.07 bits per heavy atom. The van der Waals surface area contributed by atoms with Crippen LogP contribution in [0, 0.1) is 13.8 Å². The summed E-state index contributed by atoms with van der Waals surface area (Å²) in [5.74, 6) is -0.461. The van der Waals surface area contributed by atoms with Crippen LogP contribution in [-0.2, 0) is 0 Å². The molecule has 28 heavy (non-hydrogen) atoms. The van der Waals surface area contributed by atoms with Crippen LogP contribution in [0.1, 0.15) is 32.1 Å². The second-order valence-electron chi connectivity index (χ2n) is 6.33. The van der Waals surface area contributed by atoms with Gasteiger partial charge in [0.15, 0.2) is 0 Å². The van der Waals surface area contributed by atoms with E-state index in [1.165, 1.54) is 13.2 Å². The summed E-state index contributed by atoms with van der Waals surface area (Å²) in [5.41, 5.74) is 9.10. The van der Waals surface area contributed by atoms with Crippen molar-refractivity contribution in [2.24, 2.45) is 5.73 Å². The third kappa shape index (κ3) is 3.73. The predicted molar refractivity (Wildman–Crippen MR) is 110 cm³/mol. The molecule has 0 atom stereocenters. The molecule has 144 valence electrons. The minimum absolute atomic E-state index is 0.280. The van der Waals surface area contributed by atoms with E-state index in [4.69, 9.17) is 22.1 Å². The number of methoxy groups -OCH3 is 1. The van der Waals surface area contributed by atoms with Crippen LogP contribution in [0.5, 0.6) is 5.75 Å². The monoisotopic (exact) mass is 397 g/mol. The van der Waals surface area contributed by atoms with Crippen molar-refractivity contribution in [3.63, 3.8) is 0 Å². The van der Waals surface area contributed by atoms with E-state index in [0.29, 0.717) is 22.0 Å².